The van der Waals surface area contributed by atoms with Crippen LogP contribution in [0.5, 0.6) is 5.75 Å². The first kappa shape index (κ1) is 19.4. The van der Waals surface area contributed by atoms with E-state index in [0.29, 0.717) is 35.2 Å². The van der Waals surface area contributed by atoms with E-state index in [1.54, 1.807) is 19.1 Å². The maximum Gasteiger partial charge on any atom is 0.329 e. The number of thiophene rings is 1. The van der Waals surface area contributed by atoms with E-state index in [-0.39, 0.29) is 18.1 Å². The zero-order valence-corrected chi connectivity index (χ0v) is 16.8. The Kier molecular flexibility index (Phi) is 4.99. The molecule has 2 N–H and O–H groups in total. The number of H-pyrrole nitrogens is 1. The number of nitrogens with one attached hydrogen (secondary N) is 2. The largest absolute Gasteiger partial charge is 0.494 e. The molecule has 9 heteroatoms. The van der Waals surface area contributed by atoms with E-state index in [1.165, 1.54) is 24.5 Å². The van der Waals surface area contributed by atoms with E-state index in [1.807, 2.05) is 0 Å². The molecule has 2 aromatic heterocycles. The fourth-order valence-corrected chi connectivity index (χ4v) is 4.87. The second kappa shape index (κ2) is 7.47. The fourth-order valence-electron chi connectivity index (χ4n) is 3.73. The molecule has 1 aliphatic rings. The molecule has 0 spiro atoms. The van der Waals surface area contributed by atoms with Gasteiger partial charge in [-0.15, -0.1) is 11.3 Å². The summed E-state index contributed by atoms with van der Waals surface area (Å²) in [7, 11) is 1.39. The smallest absolute Gasteiger partial charge is 0.329 e. The van der Waals surface area contributed by atoms with Crippen LogP contribution in [0.25, 0.3) is 20.7 Å². The number of methoxy groups -OCH3 is 1. The van der Waals surface area contributed by atoms with E-state index in [4.69, 9.17) is 4.74 Å². The lowest BCUT2D eigenvalue weighted by Crippen LogP contribution is -2.38. The first-order valence-electron chi connectivity index (χ1n) is 9.28. The lowest BCUT2D eigenvalue weighted by atomic mass is 10.1. The zero-order chi connectivity index (χ0) is 20.7. The predicted molar refractivity (Wildman–Crippen MR) is 109 cm³/mol. The van der Waals surface area contributed by atoms with Crippen molar-refractivity contribution in [2.24, 2.45) is 0 Å². The summed E-state index contributed by atoms with van der Waals surface area (Å²) in [5.41, 5.74) is 0.909. The summed E-state index contributed by atoms with van der Waals surface area (Å²) in [6.45, 7) is 2.31. The van der Waals surface area contributed by atoms with Gasteiger partial charge >= 0.3 is 5.69 Å². The topological polar surface area (TPSA) is 93.2 Å². The Balaban J connectivity index is 1.86. The van der Waals surface area contributed by atoms with Crippen LogP contribution >= 0.6 is 11.3 Å². The number of aromatic amines is 1. The van der Waals surface area contributed by atoms with Crippen LogP contribution in [0.1, 0.15) is 30.9 Å². The number of hydrogen-bond acceptors (Lipinski definition) is 5. The third-order valence-electron chi connectivity index (χ3n) is 5.19. The lowest BCUT2D eigenvalue weighted by Gasteiger charge is -2.14. The monoisotopic (exact) mass is 417 g/mol. The molecule has 1 amide bonds. The Bertz CT molecular complexity index is 1230. The number of carbonyl (C=O) groups is 1. The second-order valence-corrected chi connectivity index (χ2v) is 8.16. The Hall–Kier alpha value is -2.94. The predicted octanol–water partition coefficient (Wildman–Crippen LogP) is 2.72. The van der Waals surface area contributed by atoms with Gasteiger partial charge in [-0.3, -0.25) is 14.2 Å². The summed E-state index contributed by atoms with van der Waals surface area (Å²) in [6.07, 6.45) is 1.37. The van der Waals surface area contributed by atoms with Gasteiger partial charge in [0.05, 0.1) is 18.7 Å². The molecule has 0 bridgehead atoms. The SMILES string of the molecule is COc1cc(-c2cc3[nH]c(=O)n([C@H]4CCCNC(=O)C4)c(=O)c3s2)c(C)cc1F. The highest BCUT2D eigenvalue weighted by molar-refractivity contribution is 7.22. The summed E-state index contributed by atoms with van der Waals surface area (Å²) in [5, 5.41) is 2.76. The van der Waals surface area contributed by atoms with Crippen molar-refractivity contribution in [2.45, 2.75) is 32.2 Å². The molecule has 1 aromatic carbocycles. The molecule has 1 saturated heterocycles. The molecule has 3 heterocycles. The van der Waals surface area contributed by atoms with Crippen LogP contribution in [-0.4, -0.2) is 29.1 Å². The Morgan fingerprint density at radius 3 is 2.79 bits per heavy atom. The van der Waals surface area contributed by atoms with Crippen LogP contribution in [0.2, 0.25) is 0 Å². The molecule has 7 nitrogen and oxygen atoms in total. The highest BCUT2D eigenvalue weighted by Gasteiger charge is 2.24. The van der Waals surface area contributed by atoms with Crippen molar-refractivity contribution >= 4 is 27.5 Å². The zero-order valence-electron chi connectivity index (χ0n) is 16.0. The quantitative estimate of drug-likeness (QED) is 0.685. The molecule has 0 saturated carbocycles. The minimum Gasteiger partial charge on any atom is -0.494 e. The van der Waals surface area contributed by atoms with Gasteiger partial charge in [-0.2, -0.15) is 0 Å². The standard InChI is InChI=1S/C20H20FN3O4S/c1-10-6-13(21)15(28-2)8-12(10)16-9-14-18(29-16)19(26)24(20(27)23-14)11-4-3-5-22-17(25)7-11/h6,8-9,11H,3-5,7H2,1-2H3,(H,22,25)(H,23,27)/t11-/m0/s1. The number of amides is 1. The normalized spacial score (nSPS) is 17.2. The summed E-state index contributed by atoms with van der Waals surface area (Å²) in [4.78, 5) is 41.1. The van der Waals surface area contributed by atoms with Gasteiger partial charge in [-0.1, -0.05) is 0 Å². The lowest BCUT2D eigenvalue weighted by molar-refractivity contribution is -0.121. The highest BCUT2D eigenvalue weighted by Crippen LogP contribution is 2.36. The Morgan fingerprint density at radius 2 is 2.03 bits per heavy atom. The minimum absolute atomic E-state index is 0.0982. The molecule has 1 aliphatic heterocycles. The summed E-state index contributed by atoms with van der Waals surface area (Å²) < 4.78 is 20.6. The molecular formula is C20H20FN3O4S. The number of benzene rings is 1. The van der Waals surface area contributed by atoms with E-state index in [2.05, 4.69) is 10.3 Å². The molecule has 1 atom stereocenters. The summed E-state index contributed by atoms with van der Waals surface area (Å²) in [6, 6.07) is 4.20. The van der Waals surface area contributed by atoms with E-state index in [0.717, 1.165) is 15.0 Å². The van der Waals surface area contributed by atoms with Crippen molar-refractivity contribution in [2.75, 3.05) is 13.7 Å². The number of nitrogens with zero attached hydrogens (tertiary/aromatic N) is 1. The van der Waals surface area contributed by atoms with Crippen LogP contribution in [0, 0.1) is 12.7 Å². The number of ether oxygens (including phenoxy) is 1. The average molecular weight is 417 g/mol. The minimum atomic E-state index is -0.528. The second-order valence-electron chi connectivity index (χ2n) is 7.11. The van der Waals surface area contributed by atoms with Crippen LogP contribution in [0.4, 0.5) is 4.39 Å². The number of rotatable bonds is 3. The van der Waals surface area contributed by atoms with E-state index < -0.39 is 23.1 Å². The van der Waals surface area contributed by atoms with Crippen LogP contribution in [0.3, 0.4) is 0 Å². The van der Waals surface area contributed by atoms with E-state index in [9.17, 15) is 18.8 Å². The number of halogens is 1. The van der Waals surface area contributed by atoms with Gasteiger partial charge in [0.1, 0.15) is 4.70 Å². The average Bonchev–Trinajstić information content (AvgIpc) is 2.97. The van der Waals surface area contributed by atoms with Gasteiger partial charge in [0.25, 0.3) is 5.56 Å². The number of fused-ring (bicyclic) bond motifs is 1. The van der Waals surface area contributed by atoms with Crippen molar-refractivity contribution in [3.05, 3.63) is 50.4 Å². The maximum atomic E-state index is 13.9. The molecule has 3 aromatic rings. The molecule has 0 unspecified atom stereocenters. The first-order valence-corrected chi connectivity index (χ1v) is 10.1. The third kappa shape index (κ3) is 3.46. The van der Waals surface area contributed by atoms with Crippen LogP contribution in [-0.2, 0) is 4.79 Å². The summed E-state index contributed by atoms with van der Waals surface area (Å²) in [5.74, 6) is -0.518. The maximum absolute atomic E-state index is 13.9. The third-order valence-corrected chi connectivity index (χ3v) is 6.35. The fraction of sp³-hybridized carbons (Fsp3) is 0.350. The van der Waals surface area contributed by atoms with Gasteiger partial charge in [-0.25, -0.2) is 9.18 Å². The van der Waals surface area contributed by atoms with Gasteiger partial charge < -0.3 is 15.0 Å². The summed E-state index contributed by atoms with van der Waals surface area (Å²) >= 11 is 1.23. The van der Waals surface area contributed by atoms with E-state index >= 15 is 0 Å². The highest BCUT2D eigenvalue weighted by atomic mass is 32.1. The van der Waals surface area contributed by atoms with Crippen LogP contribution in [0.15, 0.2) is 27.8 Å². The number of carbonyl (C=O) groups excluding carboxylic acids is 1. The first-order chi connectivity index (χ1) is 13.9. The van der Waals surface area contributed by atoms with Crippen LogP contribution < -0.4 is 21.3 Å². The van der Waals surface area contributed by atoms with Gasteiger partial charge in [0.2, 0.25) is 5.91 Å². The van der Waals surface area contributed by atoms with Crippen molar-refractivity contribution in [3.63, 3.8) is 0 Å². The van der Waals surface area contributed by atoms with Gasteiger partial charge in [0.15, 0.2) is 11.6 Å². The Morgan fingerprint density at radius 1 is 1.24 bits per heavy atom. The Labute approximate surface area is 169 Å². The van der Waals surface area contributed by atoms with Crippen molar-refractivity contribution in [1.82, 2.24) is 14.9 Å². The van der Waals surface area contributed by atoms with Crippen molar-refractivity contribution in [1.29, 1.82) is 0 Å². The number of hydrogen-bond donors (Lipinski definition) is 2. The van der Waals surface area contributed by atoms with Crippen molar-refractivity contribution < 1.29 is 13.9 Å². The molecule has 0 aliphatic carbocycles. The number of aromatic nitrogens is 2. The molecule has 0 radical (unpaired) electrons. The molecule has 29 heavy (non-hydrogen) atoms. The van der Waals surface area contributed by atoms with Gasteiger partial charge in [0, 0.05) is 17.8 Å². The number of aryl methyl sites for hydroxylation is 1. The molecule has 4 rings (SSSR count). The molecule has 152 valence electrons. The molecule has 1 fully saturated rings. The van der Waals surface area contributed by atoms with Gasteiger partial charge in [-0.05, 0) is 49.1 Å². The molecular weight excluding hydrogens is 397 g/mol. The van der Waals surface area contributed by atoms with Crippen molar-refractivity contribution in [3.8, 4) is 16.2 Å².